The molecule has 32 heavy (non-hydrogen) atoms. The zero-order chi connectivity index (χ0) is 22.4. The van der Waals surface area contributed by atoms with Crippen LogP contribution in [0.5, 0.6) is 0 Å². The van der Waals surface area contributed by atoms with E-state index in [1.165, 1.54) is 11.3 Å². The van der Waals surface area contributed by atoms with Gasteiger partial charge in [-0.05, 0) is 70.9 Å². The molecule has 2 amide bonds. The van der Waals surface area contributed by atoms with E-state index in [1.54, 1.807) is 6.07 Å². The highest BCUT2D eigenvalue weighted by Gasteiger charge is 2.48. The third kappa shape index (κ3) is 6.56. The molecule has 0 aliphatic heterocycles. The van der Waals surface area contributed by atoms with Crippen LogP contribution in [0.1, 0.15) is 86.2 Å². The number of alkyl halides is 2. The molecule has 2 atom stereocenters. The molecular weight excluding hydrogens is 458 g/mol. The zero-order valence-electron chi connectivity index (χ0n) is 18.9. The molecule has 3 aliphatic rings. The van der Waals surface area contributed by atoms with Crippen molar-refractivity contribution in [2.75, 3.05) is 6.54 Å². The fraction of sp³-hybridized carbons (Fsp3) is 0.739. The highest BCUT2D eigenvalue weighted by atomic mass is 35.5. The van der Waals surface area contributed by atoms with Gasteiger partial charge in [-0.2, -0.15) is 0 Å². The van der Waals surface area contributed by atoms with Gasteiger partial charge in [0.1, 0.15) is 5.60 Å². The first kappa shape index (κ1) is 25.2. The minimum atomic E-state index is -2.60. The van der Waals surface area contributed by atoms with Crippen LogP contribution in [0.15, 0.2) is 12.1 Å². The topological polar surface area (TPSA) is 58.6 Å². The zero-order valence-corrected chi connectivity index (χ0v) is 20.5. The summed E-state index contributed by atoms with van der Waals surface area (Å²) in [5.41, 5.74) is -0.527. The molecule has 0 radical (unpaired) electrons. The second-order valence-corrected chi connectivity index (χ2v) is 11.4. The van der Waals surface area contributed by atoms with Gasteiger partial charge in [0.05, 0.1) is 4.88 Å². The minimum absolute atomic E-state index is 0. The molecule has 0 spiro atoms. The predicted octanol–water partition coefficient (Wildman–Crippen LogP) is 5.98. The molecule has 1 aromatic heterocycles. The molecule has 5 nitrogen and oxygen atoms in total. The number of nitrogens with one attached hydrogen (secondary N) is 1. The van der Waals surface area contributed by atoms with Gasteiger partial charge < -0.3 is 15.0 Å². The van der Waals surface area contributed by atoms with E-state index in [4.69, 9.17) is 4.74 Å². The van der Waals surface area contributed by atoms with Gasteiger partial charge in [0.25, 0.3) is 5.91 Å². The molecule has 0 aromatic carbocycles. The van der Waals surface area contributed by atoms with Crippen molar-refractivity contribution in [2.24, 2.45) is 5.92 Å². The number of amides is 2. The Hall–Kier alpha value is -1.41. The van der Waals surface area contributed by atoms with Crippen molar-refractivity contribution in [1.82, 2.24) is 10.2 Å². The summed E-state index contributed by atoms with van der Waals surface area (Å²) in [7, 11) is 0. The maximum atomic E-state index is 13.3. The van der Waals surface area contributed by atoms with Crippen molar-refractivity contribution in [2.45, 2.75) is 95.2 Å². The molecule has 1 aromatic rings. The number of hydrogen-bond donors (Lipinski definition) is 1. The predicted molar refractivity (Wildman–Crippen MR) is 123 cm³/mol. The SMILES string of the molecule is CC(C)(C)OC(=O)N(CC1CC1)[C@@H]1C[C@H]1c1ccc(C(=O)NC2CCC(F)(F)CC2)s1.Cl. The van der Waals surface area contributed by atoms with E-state index < -0.39 is 11.5 Å². The smallest absolute Gasteiger partial charge is 0.410 e. The molecule has 3 fully saturated rings. The molecule has 1 heterocycles. The van der Waals surface area contributed by atoms with Gasteiger partial charge in [-0.1, -0.05) is 0 Å². The first-order chi connectivity index (χ1) is 14.5. The van der Waals surface area contributed by atoms with E-state index >= 15 is 0 Å². The van der Waals surface area contributed by atoms with Crippen molar-refractivity contribution < 1.29 is 23.1 Å². The summed E-state index contributed by atoms with van der Waals surface area (Å²) in [6, 6.07) is 3.70. The standard InChI is InChI=1S/C23H32F2N2O3S.ClH/c1-22(2,3)30-21(29)27(13-14-4-5-14)17-12-16(17)18-6-7-19(31-18)20(28)26-15-8-10-23(24,25)11-9-15;/h6-7,14-17H,4-5,8-13H2,1-3H3,(H,26,28);1H/t16-,17-;/m1./s1. The lowest BCUT2D eigenvalue weighted by molar-refractivity contribution is -0.0399. The summed E-state index contributed by atoms with van der Waals surface area (Å²) in [5, 5.41) is 2.91. The number of ether oxygens (including phenoxy) is 1. The van der Waals surface area contributed by atoms with Crippen LogP contribution in [0.4, 0.5) is 13.6 Å². The van der Waals surface area contributed by atoms with Crippen LogP contribution in [0, 0.1) is 5.92 Å². The number of carbonyl (C=O) groups excluding carboxylic acids is 2. The van der Waals surface area contributed by atoms with E-state index in [0.717, 1.165) is 30.7 Å². The van der Waals surface area contributed by atoms with Crippen molar-refractivity contribution in [3.63, 3.8) is 0 Å². The second-order valence-electron chi connectivity index (χ2n) is 10.3. The van der Waals surface area contributed by atoms with Crippen LogP contribution in [0.2, 0.25) is 0 Å². The number of nitrogens with zero attached hydrogens (tertiary/aromatic N) is 1. The van der Waals surface area contributed by atoms with Gasteiger partial charge in [0.15, 0.2) is 0 Å². The monoisotopic (exact) mass is 490 g/mol. The summed E-state index contributed by atoms with van der Waals surface area (Å²) >= 11 is 1.44. The average molecular weight is 491 g/mol. The molecule has 9 heteroatoms. The van der Waals surface area contributed by atoms with Gasteiger partial charge in [0, 0.05) is 42.3 Å². The second kappa shape index (κ2) is 9.45. The molecule has 3 aliphatic carbocycles. The molecule has 180 valence electrons. The Morgan fingerprint density at radius 1 is 1.19 bits per heavy atom. The Morgan fingerprint density at radius 3 is 2.44 bits per heavy atom. The van der Waals surface area contributed by atoms with Gasteiger partial charge in [-0.15, -0.1) is 23.7 Å². The molecule has 3 saturated carbocycles. The lowest BCUT2D eigenvalue weighted by atomic mass is 9.92. The fourth-order valence-electron chi connectivity index (χ4n) is 4.19. The third-order valence-corrected chi connectivity index (χ3v) is 7.42. The average Bonchev–Trinajstić information content (AvgIpc) is 3.58. The van der Waals surface area contributed by atoms with Crippen molar-refractivity contribution in [3.8, 4) is 0 Å². The lowest BCUT2D eigenvalue weighted by Crippen LogP contribution is -2.40. The molecule has 1 N–H and O–H groups in total. The van der Waals surface area contributed by atoms with E-state index in [-0.39, 0.29) is 55.3 Å². The molecule has 0 saturated heterocycles. The van der Waals surface area contributed by atoms with Gasteiger partial charge in [-0.25, -0.2) is 13.6 Å². The van der Waals surface area contributed by atoms with Gasteiger partial charge in [-0.3, -0.25) is 4.79 Å². The highest BCUT2D eigenvalue weighted by molar-refractivity contribution is 7.14. The van der Waals surface area contributed by atoms with E-state index in [0.29, 0.717) is 23.6 Å². The largest absolute Gasteiger partial charge is 0.444 e. The summed E-state index contributed by atoms with van der Waals surface area (Å²) in [6.07, 6.45) is 3.24. The van der Waals surface area contributed by atoms with Crippen molar-refractivity contribution >= 4 is 35.7 Å². The van der Waals surface area contributed by atoms with Crippen LogP contribution in [-0.4, -0.2) is 47.1 Å². The quantitative estimate of drug-likeness (QED) is 0.533. The summed E-state index contributed by atoms with van der Waals surface area (Å²) < 4.78 is 32.3. The minimum Gasteiger partial charge on any atom is -0.444 e. The Morgan fingerprint density at radius 2 is 1.84 bits per heavy atom. The Balaban J connectivity index is 0.00000289. The molecule has 0 unspecified atom stereocenters. The number of halogens is 3. The van der Waals surface area contributed by atoms with Crippen LogP contribution in [0.3, 0.4) is 0 Å². The maximum Gasteiger partial charge on any atom is 0.410 e. The summed E-state index contributed by atoms with van der Waals surface area (Å²) in [5.74, 6) is -1.99. The lowest BCUT2D eigenvalue weighted by Gasteiger charge is -2.28. The first-order valence-corrected chi connectivity index (χ1v) is 12.1. The van der Waals surface area contributed by atoms with Crippen LogP contribution >= 0.6 is 23.7 Å². The number of thiophene rings is 1. The highest BCUT2D eigenvalue weighted by Crippen LogP contribution is 2.48. The molecule has 0 bridgehead atoms. The fourth-order valence-corrected chi connectivity index (χ4v) is 5.27. The van der Waals surface area contributed by atoms with Crippen LogP contribution in [-0.2, 0) is 4.74 Å². The molecule has 4 rings (SSSR count). The van der Waals surface area contributed by atoms with Crippen LogP contribution < -0.4 is 5.32 Å². The Bertz CT molecular complexity index is 827. The summed E-state index contributed by atoms with van der Waals surface area (Å²) in [6.45, 7) is 6.37. The van der Waals surface area contributed by atoms with E-state index in [9.17, 15) is 18.4 Å². The van der Waals surface area contributed by atoms with Gasteiger partial charge in [0.2, 0.25) is 5.92 Å². The normalized spacial score (nSPS) is 24.9. The Labute approximate surface area is 198 Å². The summed E-state index contributed by atoms with van der Waals surface area (Å²) in [4.78, 5) is 28.9. The number of hydrogen-bond acceptors (Lipinski definition) is 4. The van der Waals surface area contributed by atoms with E-state index in [2.05, 4.69) is 5.32 Å². The van der Waals surface area contributed by atoms with E-state index in [1.807, 2.05) is 31.7 Å². The van der Waals surface area contributed by atoms with Crippen LogP contribution in [0.25, 0.3) is 0 Å². The molecular formula is C23H33ClF2N2O3S. The number of rotatable bonds is 6. The maximum absolute atomic E-state index is 13.3. The third-order valence-electron chi connectivity index (χ3n) is 6.21. The van der Waals surface area contributed by atoms with Crippen molar-refractivity contribution in [3.05, 3.63) is 21.9 Å². The van der Waals surface area contributed by atoms with Gasteiger partial charge >= 0.3 is 6.09 Å². The first-order valence-electron chi connectivity index (χ1n) is 11.3. The Kier molecular flexibility index (Phi) is 7.45. The number of carbonyl (C=O) groups is 2. The van der Waals surface area contributed by atoms with Crippen molar-refractivity contribution in [1.29, 1.82) is 0 Å².